The molecule has 1 N–H and O–H groups in total. The largest absolute Gasteiger partial charge is 0.245 e. The van der Waals surface area contributed by atoms with Crippen LogP contribution in [0.4, 0.5) is 4.39 Å². The van der Waals surface area contributed by atoms with Gasteiger partial charge >= 0.3 is 0 Å². The van der Waals surface area contributed by atoms with E-state index in [2.05, 4.69) is 9.71 Å². The van der Waals surface area contributed by atoms with Crippen LogP contribution in [0.25, 0.3) is 0 Å². The molecular formula is C12H13FN2O2S2. The molecule has 19 heavy (non-hydrogen) atoms. The molecule has 1 heterocycles. The molecule has 0 aliphatic carbocycles. The van der Waals surface area contributed by atoms with E-state index in [1.807, 2.05) is 13.8 Å². The van der Waals surface area contributed by atoms with Gasteiger partial charge in [0.1, 0.15) is 10.8 Å². The van der Waals surface area contributed by atoms with Gasteiger partial charge in [-0.25, -0.2) is 22.5 Å². The molecule has 0 unspecified atom stereocenters. The maximum absolute atomic E-state index is 12.7. The zero-order valence-electron chi connectivity index (χ0n) is 10.5. The number of rotatable bonds is 4. The number of aryl methyl sites for hydroxylation is 2. The summed E-state index contributed by atoms with van der Waals surface area (Å²) >= 11 is 1.45. The van der Waals surface area contributed by atoms with Crippen molar-refractivity contribution in [2.45, 2.75) is 25.3 Å². The summed E-state index contributed by atoms with van der Waals surface area (Å²) in [7, 11) is -3.63. The van der Waals surface area contributed by atoms with E-state index in [0.717, 1.165) is 22.7 Å². The van der Waals surface area contributed by atoms with E-state index in [-0.39, 0.29) is 11.4 Å². The highest BCUT2D eigenvalue weighted by atomic mass is 32.2. The lowest BCUT2D eigenvalue weighted by Gasteiger charge is -2.04. The molecule has 0 spiro atoms. The fraction of sp³-hybridized carbons (Fsp3) is 0.250. The topological polar surface area (TPSA) is 59.1 Å². The third kappa shape index (κ3) is 3.37. The van der Waals surface area contributed by atoms with E-state index >= 15 is 0 Å². The summed E-state index contributed by atoms with van der Waals surface area (Å²) in [6, 6.07) is 4.70. The zero-order chi connectivity index (χ0) is 14.0. The summed E-state index contributed by atoms with van der Waals surface area (Å²) in [4.78, 5) is 5.36. The van der Waals surface area contributed by atoms with Crippen LogP contribution in [0, 0.1) is 19.7 Å². The average molecular weight is 300 g/mol. The van der Waals surface area contributed by atoms with Crippen LogP contribution in [0.3, 0.4) is 0 Å². The number of sulfonamides is 1. The molecule has 2 aromatic rings. The molecular weight excluding hydrogens is 287 g/mol. The number of hydrogen-bond acceptors (Lipinski definition) is 4. The van der Waals surface area contributed by atoms with E-state index in [1.165, 1.54) is 23.5 Å². The van der Waals surface area contributed by atoms with Crippen LogP contribution in [0.5, 0.6) is 0 Å². The minimum Gasteiger partial charge on any atom is -0.245 e. The lowest BCUT2D eigenvalue weighted by Crippen LogP contribution is -2.23. The van der Waals surface area contributed by atoms with Gasteiger partial charge in [0.2, 0.25) is 10.0 Å². The molecule has 0 bridgehead atoms. The smallest absolute Gasteiger partial charge is 0.240 e. The molecule has 102 valence electrons. The van der Waals surface area contributed by atoms with Gasteiger partial charge < -0.3 is 0 Å². The predicted molar refractivity (Wildman–Crippen MR) is 72.0 cm³/mol. The monoisotopic (exact) mass is 300 g/mol. The molecule has 7 heteroatoms. The zero-order valence-corrected chi connectivity index (χ0v) is 12.1. The summed E-state index contributed by atoms with van der Waals surface area (Å²) in [6.45, 7) is 3.95. The van der Waals surface area contributed by atoms with E-state index < -0.39 is 15.8 Å². The molecule has 0 saturated carbocycles. The highest BCUT2D eigenvalue weighted by Gasteiger charge is 2.14. The van der Waals surface area contributed by atoms with Crippen molar-refractivity contribution in [1.29, 1.82) is 0 Å². The van der Waals surface area contributed by atoms with Crippen LogP contribution in [0.1, 0.15) is 15.6 Å². The minimum atomic E-state index is -3.63. The van der Waals surface area contributed by atoms with Crippen LogP contribution >= 0.6 is 11.3 Å². The number of hydrogen-bond donors (Lipinski definition) is 1. The van der Waals surface area contributed by atoms with Crippen molar-refractivity contribution < 1.29 is 12.8 Å². The van der Waals surface area contributed by atoms with Gasteiger partial charge in [0.25, 0.3) is 0 Å². The summed E-state index contributed by atoms with van der Waals surface area (Å²) in [5, 5.41) is 0.709. The fourth-order valence-electron chi connectivity index (χ4n) is 1.47. The van der Waals surface area contributed by atoms with E-state index in [4.69, 9.17) is 0 Å². The quantitative estimate of drug-likeness (QED) is 0.943. The average Bonchev–Trinajstić information content (AvgIpc) is 2.67. The second-order valence-electron chi connectivity index (χ2n) is 4.03. The molecule has 1 aromatic heterocycles. The molecule has 0 aliphatic rings. The summed E-state index contributed by atoms with van der Waals surface area (Å²) < 4.78 is 39.1. The van der Waals surface area contributed by atoms with Gasteiger partial charge in [0.15, 0.2) is 0 Å². The third-order valence-corrected chi connectivity index (χ3v) is 5.10. The molecule has 1 aromatic carbocycles. The second kappa shape index (κ2) is 5.36. The molecule has 0 saturated heterocycles. The standard InChI is InChI=1S/C12H13FN2O2S2/c1-8-9(2)18-12(15-8)7-14-19(16,17)11-5-3-10(13)4-6-11/h3-6,14H,7H2,1-2H3. The highest BCUT2D eigenvalue weighted by Crippen LogP contribution is 2.17. The van der Waals surface area contributed by atoms with Gasteiger partial charge in [-0.05, 0) is 38.1 Å². The second-order valence-corrected chi connectivity index (χ2v) is 7.08. The Hall–Kier alpha value is -1.31. The molecule has 0 radical (unpaired) electrons. The van der Waals surface area contributed by atoms with Crippen molar-refractivity contribution in [1.82, 2.24) is 9.71 Å². The van der Waals surface area contributed by atoms with Crippen molar-refractivity contribution in [2.24, 2.45) is 0 Å². The summed E-state index contributed by atoms with van der Waals surface area (Å²) in [5.41, 5.74) is 0.904. The summed E-state index contributed by atoms with van der Waals surface area (Å²) in [6.07, 6.45) is 0. The van der Waals surface area contributed by atoms with Gasteiger partial charge in [-0.1, -0.05) is 0 Å². The maximum atomic E-state index is 12.7. The number of benzene rings is 1. The first-order valence-electron chi connectivity index (χ1n) is 5.56. The first kappa shape index (κ1) is 14.1. The normalized spacial score (nSPS) is 11.7. The van der Waals surface area contributed by atoms with Crippen LogP contribution in [-0.2, 0) is 16.6 Å². The van der Waals surface area contributed by atoms with Crippen molar-refractivity contribution >= 4 is 21.4 Å². The lowest BCUT2D eigenvalue weighted by atomic mass is 10.4. The molecule has 0 aliphatic heterocycles. The number of thiazole rings is 1. The summed E-state index contributed by atoms with van der Waals surface area (Å²) in [5.74, 6) is -0.467. The van der Waals surface area contributed by atoms with E-state index in [0.29, 0.717) is 5.01 Å². The number of nitrogens with one attached hydrogen (secondary N) is 1. The Morgan fingerprint density at radius 1 is 1.26 bits per heavy atom. The van der Waals surface area contributed by atoms with Crippen LogP contribution in [-0.4, -0.2) is 13.4 Å². The Morgan fingerprint density at radius 2 is 1.89 bits per heavy atom. The Balaban J connectivity index is 2.11. The van der Waals surface area contributed by atoms with Gasteiger partial charge in [0.05, 0.1) is 17.1 Å². The van der Waals surface area contributed by atoms with Crippen molar-refractivity contribution in [2.75, 3.05) is 0 Å². The predicted octanol–water partition coefficient (Wildman–Crippen LogP) is 2.38. The first-order valence-corrected chi connectivity index (χ1v) is 7.86. The van der Waals surface area contributed by atoms with Crippen LogP contribution in [0.15, 0.2) is 29.2 Å². The van der Waals surface area contributed by atoms with Gasteiger partial charge in [-0.3, -0.25) is 0 Å². The molecule has 4 nitrogen and oxygen atoms in total. The Morgan fingerprint density at radius 3 is 2.42 bits per heavy atom. The van der Waals surface area contributed by atoms with Crippen molar-refractivity contribution in [3.8, 4) is 0 Å². The third-order valence-electron chi connectivity index (χ3n) is 2.61. The first-order chi connectivity index (χ1) is 8.88. The van der Waals surface area contributed by atoms with Crippen LogP contribution < -0.4 is 4.72 Å². The minimum absolute atomic E-state index is 0.0406. The Bertz CT molecular complexity index is 659. The SMILES string of the molecule is Cc1nc(CNS(=O)(=O)c2ccc(F)cc2)sc1C. The van der Waals surface area contributed by atoms with Gasteiger partial charge in [0, 0.05) is 4.88 Å². The van der Waals surface area contributed by atoms with Crippen LogP contribution in [0.2, 0.25) is 0 Å². The number of halogens is 1. The van der Waals surface area contributed by atoms with Crippen molar-refractivity contribution in [3.05, 3.63) is 45.7 Å². The number of nitrogens with zero attached hydrogens (tertiary/aromatic N) is 1. The van der Waals surface area contributed by atoms with Gasteiger partial charge in [-0.2, -0.15) is 0 Å². The molecule has 2 rings (SSSR count). The van der Waals surface area contributed by atoms with E-state index in [9.17, 15) is 12.8 Å². The molecule has 0 fully saturated rings. The lowest BCUT2D eigenvalue weighted by molar-refractivity contribution is 0.580. The molecule has 0 amide bonds. The highest BCUT2D eigenvalue weighted by molar-refractivity contribution is 7.89. The van der Waals surface area contributed by atoms with E-state index in [1.54, 1.807) is 0 Å². The molecule has 0 atom stereocenters. The van der Waals surface area contributed by atoms with Gasteiger partial charge in [-0.15, -0.1) is 11.3 Å². The number of aromatic nitrogens is 1. The van der Waals surface area contributed by atoms with Crippen molar-refractivity contribution in [3.63, 3.8) is 0 Å². The Labute approximate surface area is 115 Å². The fourth-order valence-corrected chi connectivity index (χ4v) is 3.42. The maximum Gasteiger partial charge on any atom is 0.240 e. The Kier molecular flexibility index (Phi) is 3.98.